The largest absolute Gasteiger partial charge is 0.332 e. The first-order chi connectivity index (χ1) is 11.6. The van der Waals surface area contributed by atoms with E-state index in [-0.39, 0.29) is 17.8 Å². The molecule has 0 N–H and O–H groups in total. The van der Waals surface area contributed by atoms with Crippen LogP contribution >= 0.6 is 0 Å². The summed E-state index contributed by atoms with van der Waals surface area (Å²) in [5.74, 6) is 1.15. The highest BCUT2D eigenvalue weighted by atomic mass is 16.2. The molecule has 0 bridgehead atoms. The van der Waals surface area contributed by atoms with Gasteiger partial charge in [0.1, 0.15) is 0 Å². The van der Waals surface area contributed by atoms with E-state index in [0.717, 1.165) is 23.5 Å². The summed E-state index contributed by atoms with van der Waals surface area (Å²) in [7, 11) is 1.65. The van der Waals surface area contributed by atoms with Crippen molar-refractivity contribution in [2.45, 2.75) is 47.7 Å². The van der Waals surface area contributed by atoms with Crippen LogP contribution in [-0.4, -0.2) is 23.1 Å². The molecular weight excluding hydrogens is 318 g/mol. The fraction of sp³-hybridized carbons (Fsp3) is 0.500. The van der Waals surface area contributed by atoms with E-state index in [9.17, 15) is 9.59 Å². The first-order valence-corrected chi connectivity index (χ1v) is 8.47. The number of aromatic nitrogens is 5. The van der Waals surface area contributed by atoms with E-state index >= 15 is 0 Å². The lowest BCUT2D eigenvalue weighted by Gasteiger charge is -2.09. The lowest BCUT2D eigenvalue weighted by atomic mass is 10.2. The number of hydrogen-bond acceptors (Lipinski definition) is 3. The van der Waals surface area contributed by atoms with Crippen molar-refractivity contribution in [2.24, 2.45) is 13.0 Å². The van der Waals surface area contributed by atoms with Crippen LogP contribution in [0, 0.1) is 19.8 Å². The molecule has 0 aliphatic heterocycles. The Hall–Kier alpha value is -2.57. The predicted molar refractivity (Wildman–Crippen MR) is 99.3 cm³/mol. The van der Waals surface area contributed by atoms with Crippen LogP contribution in [0.5, 0.6) is 0 Å². The van der Waals surface area contributed by atoms with Gasteiger partial charge in [0.25, 0.3) is 5.56 Å². The fourth-order valence-electron chi connectivity index (χ4n) is 3.31. The summed E-state index contributed by atoms with van der Waals surface area (Å²) in [6, 6.07) is 0. The third-order valence-corrected chi connectivity index (χ3v) is 4.61. The van der Waals surface area contributed by atoms with Crippen LogP contribution in [0.1, 0.15) is 32.2 Å². The van der Waals surface area contributed by atoms with Gasteiger partial charge in [-0.3, -0.25) is 18.3 Å². The van der Waals surface area contributed by atoms with Crippen LogP contribution < -0.4 is 11.2 Å². The Morgan fingerprint density at radius 3 is 2.36 bits per heavy atom. The molecule has 0 unspecified atom stereocenters. The molecular formula is C18H25N5O2. The fourth-order valence-corrected chi connectivity index (χ4v) is 3.31. The van der Waals surface area contributed by atoms with E-state index in [4.69, 9.17) is 0 Å². The van der Waals surface area contributed by atoms with Crippen molar-refractivity contribution in [1.29, 1.82) is 0 Å². The number of fused-ring (bicyclic) bond motifs is 3. The number of hydrogen-bond donors (Lipinski definition) is 0. The van der Waals surface area contributed by atoms with Crippen molar-refractivity contribution >= 4 is 16.9 Å². The summed E-state index contributed by atoms with van der Waals surface area (Å²) in [4.78, 5) is 30.3. The van der Waals surface area contributed by atoms with Gasteiger partial charge >= 0.3 is 5.69 Å². The molecule has 0 atom stereocenters. The van der Waals surface area contributed by atoms with E-state index in [2.05, 4.69) is 30.0 Å². The molecule has 0 spiro atoms. The van der Waals surface area contributed by atoms with Crippen LogP contribution in [0.15, 0.2) is 21.7 Å². The molecule has 0 amide bonds. The van der Waals surface area contributed by atoms with Gasteiger partial charge in [-0.1, -0.05) is 26.0 Å². The Kier molecular flexibility index (Phi) is 3.97. The van der Waals surface area contributed by atoms with Crippen LogP contribution in [0.25, 0.3) is 16.9 Å². The summed E-state index contributed by atoms with van der Waals surface area (Å²) < 4.78 is 6.67. The molecule has 3 aromatic heterocycles. The van der Waals surface area contributed by atoms with E-state index in [1.54, 1.807) is 14.0 Å². The van der Waals surface area contributed by atoms with Crippen LogP contribution in [0.3, 0.4) is 0 Å². The second-order valence-electron chi connectivity index (χ2n) is 7.28. The average molecular weight is 343 g/mol. The molecule has 134 valence electrons. The first-order valence-electron chi connectivity index (χ1n) is 8.47. The minimum Gasteiger partial charge on any atom is -0.314 e. The molecule has 0 aliphatic carbocycles. The Balaban J connectivity index is 2.51. The van der Waals surface area contributed by atoms with E-state index in [1.807, 2.05) is 18.2 Å². The number of rotatable bonds is 4. The molecule has 0 fully saturated rings. The highest BCUT2D eigenvalue weighted by Crippen LogP contribution is 2.21. The highest BCUT2D eigenvalue weighted by molar-refractivity contribution is 5.76. The third kappa shape index (κ3) is 2.45. The summed E-state index contributed by atoms with van der Waals surface area (Å²) in [6.45, 7) is 14.9. The molecule has 0 aromatic carbocycles. The minimum atomic E-state index is -0.369. The molecule has 7 nitrogen and oxygen atoms in total. The Morgan fingerprint density at radius 1 is 1.16 bits per heavy atom. The molecule has 7 heteroatoms. The van der Waals surface area contributed by atoms with E-state index in [0.29, 0.717) is 22.9 Å². The Labute approximate surface area is 145 Å². The number of nitrogens with zero attached hydrogens (tertiary/aromatic N) is 5. The van der Waals surface area contributed by atoms with Gasteiger partial charge in [-0.05, 0) is 26.7 Å². The van der Waals surface area contributed by atoms with Crippen molar-refractivity contribution in [2.75, 3.05) is 0 Å². The highest BCUT2D eigenvalue weighted by Gasteiger charge is 2.22. The molecule has 25 heavy (non-hydrogen) atoms. The summed E-state index contributed by atoms with van der Waals surface area (Å²) in [5.41, 5.74) is 2.98. The Bertz CT molecular complexity index is 1120. The second-order valence-corrected chi connectivity index (χ2v) is 7.28. The topological polar surface area (TPSA) is 66.2 Å². The predicted octanol–water partition coefficient (Wildman–Crippen LogP) is 2.00. The van der Waals surface area contributed by atoms with Gasteiger partial charge in [-0.2, -0.15) is 4.98 Å². The van der Waals surface area contributed by atoms with E-state index in [1.165, 1.54) is 9.13 Å². The second kappa shape index (κ2) is 5.75. The SMILES string of the molecule is C=C(C)Cn1c(=O)c2c(nc3n(CC(C)C)c(C)c(C)n23)n(C)c1=O. The number of allylic oxidation sites excluding steroid dienone is 1. The van der Waals surface area contributed by atoms with Crippen molar-refractivity contribution in [3.05, 3.63) is 44.4 Å². The molecule has 3 heterocycles. The molecule has 0 saturated carbocycles. The molecule has 3 aromatic rings. The van der Waals surface area contributed by atoms with Gasteiger partial charge < -0.3 is 4.57 Å². The summed E-state index contributed by atoms with van der Waals surface area (Å²) in [6.07, 6.45) is 0. The molecule has 0 saturated heterocycles. The minimum absolute atomic E-state index is 0.208. The van der Waals surface area contributed by atoms with Crippen molar-refractivity contribution in [3.8, 4) is 0 Å². The zero-order chi connectivity index (χ0) is 18.6. The van der Waals surface area contributed by atoms with Crippen LogP contribution in [0.4, 0.5) is 0 Å². The van der Waals surface area contributed by atoms with Gasteiger partial charge in [-0.15, -0.1) is 0 Å². The maximum Gasteiger partial charge on any atom is 0.332 e. The normalized spacial score (nSPS) is 12.0. The number of aryl methyl sites for hydroxylation is 2. The number of imidazole rings is 2. The lowest BCUT2D eigenvalue weighted by molar-refractivity contribution is 0.524. The van der Waals surface area contributed by atoms with Crippen molar-refractivity contribution < 1.29 is 0 Å². The zero-order valence-electron chi connectivity index (χ0n) is 15.8. The van der Waals surface area contributed by atoms with Crippen molar-refractivity contribution in [3.63, 3.8) is 0 Å². The zero-order valence-corrected chi connectivity index (χ0v) is 15.8. The maximum atomic E-state index is 13.0. The standard InChI is InChI=1S/C18H25N5O2/c1-10(2)8-21-12(5)13(6)23-14-15(19-17(21)23)20(7)18(25)22(16(14)24)9-11(3)4/h10H,3,8-9H2,1-2,4-7H3. The van der Waals surface area contributed by atoms with Crippen LogP contribution in [0.2, 0.25) is 0 Å². The Morgan fingerprint density at radius 2 is 1.80 bits per heavy atom. The quantitative estimate of drug-likeness (QED) is 0.681. The lowest BCUT2D eigenvalue weighted by Crippen LogP contribution is -2.39. The third-order valence-electron chi connectivity index (χ3n) is 4.61. The van der Waals surface area contributed by atoms with Crippen molar-refractivity contribution in [1.82, 2.24) is 23.1 Å². The van der Waals surface area contributed by atoms with Gasteiger partial charge in [0.05, 0.1) is 6.54 Å². The van der Waals surface area contributed by atoms with Crippen LogP contribution in [-0.2, 0) is 20.1 Å². The molecule has 3 rings (SSSR count). The molecule has 0 radical (unpaired) electrons. The van der Waals surface area contributed by atoms with Gasteiger partial charge in [-0.25, -0.2) is 4.79 Å². The molecule has 0 aliphatic rings. The summed E-state index contributed by atoms with van der Waals surface area (Å²) >= 11 is 0. The average Bonchev–Trinajstić information content (AvgIpc) is 3.01. The van der Waals surface area contributed by atoms with Gasteiger partial charge in [0.15, 0.2) is 11.2 Å². The monoisotopic (exact) mass is 343 g/mol. The van der Waals surface area contributed by atoms with E-state index < -0.39 is 0 Å². The summed E-state index contributed by atoms with van der Waals surface area (Å²) in [5, 5.41) is 0. The first kappa shape index (κ1) is 17.3. The van der Waals surface area contributed by atoms with Gasteiger partial charge in [0, 0.05) is 25.0 Å². The maximum absolute atomic E-state index is 13.0. The smallest absolute Gasteiger partial charge is 0.314 e. The van der Waals surface area contributed by atoms with Gasteiger partial charge in [0.2, 0.25) is 5.78 Å².